The summed E-state index contributed by atoms with van der Waals surface area (Å²) in [5.74, 6) is 5.27. The van der Waals surface area contributed by atoms with Gasteiger partial charge in [-0.05, 0) is 24.6 Å². The highest BCUT2D eigenvalue weighted by Gasteiger charge is 2.10. The van der Waals surface area contributed by atoms with E-state index in [1.807, 2.05) is 25.1 Å². The lowest BCUT2D eigenvalue weighted by Gasteiger charge is -2.05. The van der Waals surface area contributed by atoms with Gasteiger partial charge in [0.05, 0.1) is 17.9 Å². The normalized spacial score (nSPS) is 10.6. The molecule has 2 aromatic rings. The molecule has 0 fully saturated rings. The molecule has 6 heteroatoms. The fraction of sp³-hybridized carbons (Fsp3) is 0.211. The van der Waals surface area contributed by atoms with Crippen LogP contribution < -0.4 is 10.0 Å². The zero-order valence-corrected chi connectivity index (χ0v) is 15.0. The van der Waals surface area contributed by atoms with E-state index in [0.717, 1.165) is 11.1 Å². The van der Waals surface area contributed by atoms with E-state index in [4.69, 9.17) is 0 Å². The van der Waals surface area contributed by atoms with Gasteiger partial charge in [0.1, 0.15) is 0 Å². The van der Waals surface area contributed by atoms with Gasteiger partial charge in [-0.15, -0.1) is 0 Å². The molecule has 0 spiro atoms. The third-order valence-electron chi connectivity index (χ3n) is 3.44. The summed E-state index contributed by atoms with van der Waals surface area (Å²) in [7, 11) is -1.92. The van der Waals surface area contributed by atoms with Gasteiger partial charge in [0.25, 0.3) is 5.91 Å². The molecular weight excluding hydrogens is 336 g/mol. The van der Waals surface area contributed by atoms with Crippen LogP contribution in [0.3, 0.4) is 0 Å². The molecule has 0 unspecified atom stereocenters. The Kier molecular flexibility index (Phi) is 6.34. The van der Waals surface area contributed by atoms with Crippen molar-refractivity contribution in [3.8, 4) is 11.8 Å². The van der Waals surface area contributed by atoms with Crippen molar-refractivity contribution in [3.05, 3.63) is 70.8 Å². The van der Waals surface area contributed by atoms with Crippen molar-refractivity contribution in [2.24, 2.45) is 0 Å². The van der Waals surface area contributed by atoms with Crippen LogP contribution in [0.5, 0.6) is 0 Å². The highest BCUT2D eigenvalue weighted by molar-refractivity contribution is 7.88. The number of sulfonamides is 1. The largest absolute Gasteiger partial charge is 0.355 e. The smallest absolute Gasteiger partial charge is 0.252 e. The summed E-state index contributed by atoms with van der Waals surface area (Å²) >= 11 is 0. The Bertz CT molecular complexity index is 925. The van der Waals surface area contributed by atoms with Gasteiger partial charge in [-0.1, -0.05) is 53.8 Å². The molecule has 0 saturated heterocycles. The fourth-order valence-electron chi connectivity index (χ4n) is 2.28. The molecule has 1 amide bonds. The van der Waals surface area contributed by atoms with Crippen molar-refractivity contribution in [3.63, 3.8) is 0 Å². The summed E-state index contributed by atoms with van der Waals surface area (Å²) in [5, 5.41) is 2.55. The lowest BCUT2D eigenvalue weighted by Crippen LogP contribution is -2.25. The Morgan fingerprint density at radius 1 is 1.12 bits per heavy atom. The first kappa shape index (κ1) is 18.7. The Labute approximate surface area is 148 Å². The third kappa shape index (κ3) is 5.75. The van der Waals surface area contributed by atoms with Crippen LogP contribution >= 0.6 is 0 Å². The van der Waals surface area contributed by atoms with E-state index in [9.17, 15) is 13.2 Å². The number of carbonyl (C=O) groups is 1. The van der Waals surface area contributed by atoms with E-state index in [1.165, 1.54) is 0 Å². The molecule has 2 N–H and O–H groups in total. The monoisotopic (exact) mass is 356 g/mol. The van der Waals surface area contributed by atoms with Gasteiger partial charge in [0.15, 0.2) is 0 Å². The van der Waals surface area contributed by atoms with E-state index in [2.05, 4.69) is 21.9 Å². The van der Waals surface area contributed by atoms with Crippen LogP contribution in [0.15, 0.2) is 48.5 Å². The Morgan fingerprint density at radius 3 is 2.60 bits per heavy atom. The van der Waals surface area contributed by atoms with Crippen LogP contribution in [0.25, 0.3) is 0 Å². The van der Waals surface area contributed by atoms with Gasteiger partial charge in [-0.2, -0.15) is 0 Å². The van der Waals surface area contributed by atoms with E-state index in [-0.39, 0.29) is 18.2 Å². The molecule has 0 radical (unpaired) electrons. The zero-order valence-electron chi connectivity index (χ0n) is 14.2. The summed E-state index contributed by atoms with van der Waals surface area (Å²) in [6, 6.07) is 14.3. The Hall–Kier alpha value is -2.62. The van der Waals surface area contributed by atoms with Crippen LogP contribution in [0.2, 0.25) is 0 Å². The number of hydrogen-bond donors (Lipinski definition) is 2. The van der Waals surface area contributed by atoms with E-state index < -0.39 is 10.0 Å². The predicted octanol–water partition coefficient (Wildman–Crippen LogP) is 1.83. The lowest BCUT2D eigenvalue weighted by atomic mass is 10.1. The van der Waals surface area contributed by atoms with Gasteiger partial charge in [0.2, 0.25) is 10.0 Å². The van der Waals surface area contributed by atoms with Gasteiger partial charge >= 0.3 is 0 Å². The average molecular weight is 356 g/mol. The number of benzene rings is 2. The number of hydrogen-bond acceptors (Lipinski definition) is 3. The van der Waals surface area contributed by atoms with Crippen molar-refractivity contribution >= 4 is 15.9 Å². The third-order valence-corrected chi connectivity index (χ3v) is 4.74. The first-order chi connectivity index (χ1) is 11.9. The van der Waals surface area contributed by atoms with Crippen LogP contribution in [0.1, 0.15) is 27.0 Å². The standard InChI is InChI=1S/C19H20N2O3S/c1-15-7-5-8-16(13-15)14-25(23,24)21-12-6-10-17-9-3-4-11-18(17)19(22)20-2/h3-5,7-9,11,13,21H,12,14H2,1-2H3,(H,20,22). The summed E-state index contributed by atoms with van der Waals surface area (Å²) in [6.45, 7) is 1.90. The van der Waals surface area contributed by atoms with E-state index in [0.29, 0.717) is 11.1 Å². The number of amides is 1. The van der Waals surface area contributed by atoms with Crippen LogP contribution in [0.4, 0.5) is 0 Å². The van der Waals surface area contributed by atoms with Gasteiger partial charge in [0, 0.05) is 12.6 Å². The molecule has 0 aliphatic rings. The van der Waals surface area contributed by atoms with Gasteiger partial charge in [-0.3, -0.25) is 4.79 Å². The van der Waals surface area contributed by atoms with E-state index >= 15 is 0 Å². The quantitative estimate of drug-likeness (QED) is 0.803. The first-order valence-corrected chi connectivity index (χ1v) is 9.39. The van der Waals surface area contributed by atoms with Crippen LogP contribution in [-0.4, -0.2) is 27.9 Å². The maximum absolute atomic E-state index is 12.1. The van der Waals surface area contributed by atoms with Crippen LogP contribution in [0, 0.1) is 18.8 Å². The number of nitrogens with one attached hydrogen (secondary N) is 2. The van der Waals surface area contributed by atoms with Gasteiger partial charge in [-0.25, -0.2) is 13.1 Å². The molecule has 0 saturated carbocycles. The fourth-order valence-corrected chi connectivity index (χ4v) is 3.30. The molecule has 0 aromatic heterocycles. The molecule has 25 heavy (non-hydrogen) atoms. The number of rotatable bonds is 5. The Morgan fingerprint density at radius 2 is 1.88 bits per heavy atom. The summed E-state index contributed by atoms with van der Waals surface area (Å²) < 4.78 is 26.7. The summed E-state index contributed by atoms with van der Waals surface area (Å²) in [4.78, 5) is 11.8. The minimum absolute atomic E-state index is 0.0176. The molecule has 2 aromatic carbocycles. The molecule has 0 heterocycles. The second kappa shape index (κ2) is 8.47. The lowest BCUT2D eigenvalue weighted by molar-refractivity contribution is 0.0963. The molecule has 0 bridgehead atoms. The van der Waals surface area contributed by atoms with Crippen LogP contribution in [-0.2, 0) is 15.8 Å². The SMILES string of the molecule is CNC(=O)c1ccccc1C#CCNS(=O)(=O)Cc1cccc(C)c1. The average Bonchev–Trinajstić information content (AvgIpc) is 2.58. The molecule has 2 rings (SSSR count). The molecule has 5 nitrogen and oxygen atoms in total. The van der Waals surface area contributed by atoms with Crippen molar-refractivity contribution in [2.75, 3.05) is 13.6 Å². The Balaban J connectivity index is 2.02. The highest BCUT2D eigenvalue weighted by Crippen LogP contribution is 2.08. The van der Waals surface area contributed by atoms with Crippen molar-refractivity contribution in [1.82, 2.24) is 10.0 Å². The minimum atomic E-state index is -3.47. The molecule has 130 valence electrons. The van der Waals surface area contributed by atoms with Gasteiger partial charge < -0.3 is 5.32 Å². The summed E-state index contributed by atoms with van der Waals surface area (Å²) in [5.41, 5.74) is 2.75. The predicted molar refractivity (Wildman–Crippen MR) is 98.5 cm³/mol. The van der Waals surface area contributed by atoms with E-state index in [1.54, 1.807) is 37.4 Å². The number of carbonyl (C=O) groups excluding carboxylic acids is 1. The molecular formula is C19H20N2O3S. The second-order valence-corrected chi connectivity index (χ2v) is 7.30. The van der Waals surface area contributed by atoms with Crippen molar-refractivity contribution in [2.45, 2.75) is 12.7 Å². The summed E-state index contributed by atoms with van der Waals surface area (Å²) in [6.07, 6.45) is 0. The highest BCUT2D eigenvalue weighted by atomic mass is 32.2. The molecule has 0 aliphatic carbocycles. The second-order valence-electron chi connectivity index (χ2n) is 5.50. The first-order valence-electron chi connectivity index (χ1n) is 7.74. The molecule has 0 atom stereocenters. The topological polar surface area (TPSA) is 75.3 Å². The number of aryl methyl sites for hydroxylation is 1. The maximum atomic E-state index is 12.1. The zero-order chi connectivity index (χ0) is 18.3. The van der Waals surface area contributed by atoms with Crippen molar-refractivity contribution in [1.29, 1.82) is 0 Å². The minimum Gasteiger partial charge on any atom is -0.355 e. The van der Waals surface area contributed by atoms with Crippen molar-refractivity contribution < 1.29 is 13.2 Å². The maximum Gasteiger partial charge on any atom is 0.252 e. The molecule has 0 aliphatic heterocycles.